The molecule has 0 bridgehead atoms. The summed E-state index contributed by atoms with van der Waals surface area (Å²) in [7, 11) is 0. The second-order valence-corrected chi connectivity index (χ2v) is 5.03. The van der Waals surface area contributed by atoms with Gasteiger partial charge in [0.05, 0.1) is 0 Å². The Kier molecular flexibility index (Phi) is 4.32. The molecule has 4 nitrogen and oxygen atoms in total. The van der Waals surface area contributed by atoms with Crippen LogP contribution in [-0.4, -0.2) is 14.5 Å². The lowest BCUT2D eigenvalue weighted by molar-refractivity contribution is 0.598. The number of rotatable bonds is 5. The Bertz CT molecular complexity index is 525. The van der Waals surface area contributed by atoms with Gasteiger partial charge in [-0.15, -0.1) is 0 Å². The van der Waals surface area contributed by atoms with Crippen LogP contribution in [0.1, 0.15) is 42.2 Å². The Morgan fingerprint density at radius 2 is 1.95 bits per heavy atom. The fourth-order valence-electron chi connectivity index (χ4n) is 2.37. The van der Waals surface area contributed by atoms with E-state index in [1.165, 1.54) is 0 Å². The van der Waals surface area contributed by atoms with Crippen molar-refractivity contribution < 1.29 is 0 Å². The minimum Gasteiger partial charge on any atom is -0.335 e. The van der Waals surface area contributed by atoms with Gasteiger partial charge in [0.15, 0.2) is 0 Å². The van der Waals surface area contributed by atoms with E-state index in [-0.39, 0.29) is 6.04 Å². The van der Waals surface area contributed by atoms with E-state index in [9.17, 15) is 0 Å². The van der Waals surface area contributed by atoms with Gasteiger partial charge in [-0.1, -0.05) is 6.92 Å². The summed E-state index contributed by atoms with van der Waals surface area (Å²) in [6, 6.07) is 4.09. The number of nitrogens with zero attached hydrogens (tertiary/aromatic N) is 3. The zero-order chi connectivity index (χ0) is 13.8. The van der Waals surface area contributed by atoms with Crippen LogP contribution in [0.3, 0.4) is 0 Å². The van der Waals surface area contributed by atoms with Gasteiger partial charge >= 0.3 is 0 Å². The number of hydrogen-bond donors (Lipinski definition) is 1. The van der Waals surface area contributed by atoms with Crippen LogP contribution in [-0.2, 0) is 13.0 Å². The lowest BCUT2D eigenvalue weighted by Gasteiger charge is -2.14. The van der Waals surface area contributed by atoms with E-state index in [1.54, 1.807) is 0 Å². The van der Waals surface area contributed by atoms with E-state index in [1.807, 2.05) is 26.2 Å². The van der Waals surface area contributed by atoms with Crippen LogP contribution in [0, 0.1) is 13.8 Å². The number of hydrogen-bond acceptors (Lipinski definition) is 3. The monoisotopic (exact) mass is 258 g/mol. The van der Waals surface area contributed by atoms with Crippen molar-refractivity contribution >= 4 is 0 Å². The first-order chi connectivity index (χ1) is 9.10. The molecule has 1 unspecified atom stereocenters. The standard InChI is InChI=1S/C15H22N4/c1-4-6-19-7-5-17-15(19)10-14(16)13-8-11(2)18-12(3)9-13/h5,7-9,14H,4,6,10,16H2,1-3H3. The van der Waals surface area contributed by atoms with Crippen molar-refractivity contribution in [3.63, 3.8) is 0 Å². The van der Waals surface area contributed by atoms with Crippen molar-refractivity contribution in [2.24, 2.45) is 5.73 Å². The molecule has 2 heterocycles. The van der Waals surface area contributed by atoms with Gasteiger partial charge in [0.1, 0.15) is 5.82 Å². The average Bonchev–Trinajstić information content (AvgIpc) is 2.76. The van der Waals surface area contributed by atoms with Crippen LogP contribution < -0.4 is 5.73 Å². The quantitative estimate of drug-likeness (QED) is 0.896. The van der Waals surface area contributed by atoms with Gasteiger partial charge < -0.3 is 10.3 Å². The zero-order valence-corrected chi connectivity index (χ0v) is 11.9. The number of nitrogens with two attached hydrogens (primary N) is 1. The maximum atomic E-state index is 6.31. The predicted molar refractivity (Wildman–Crippen MR) is 76.9 cm³/mol. The molecule has 0 spiro atoms. The SMILES string of the molecule is CCCn1ccnc1CC(N)c1cc(C)nc(C)c1. The fraction of sp³-hybridized carbons (Fsp3) is 0.467. The molecule has 0 aliphatic carbocycles. The van der Waals surface area contributed by atoms with Gasteiger partial charge in [-0.2, -0.15) is 0 Å². The van der Waals surface area contributed by atoms with Gasteiger partial charge in [0.2, 0.25) is 0 Å². The molecule has 0 fully saturated rings. The van der Waals surface area contributed by atoms with Crippen LogP contribution in [0.25, 0.3) is 0 Å². The second-order valence-electron chi connectivity index (χ2n) is 5.03. The molecule has 0 aliphatic rings. The molecule has 2 aromatic rings. The maximum Gasteiger partial charge on any atom is 0.110 e. The summed E-state index contributed by atoms with van der Waals surface area (Å²) >= 11 is 0. The first-order valence-corrected chi connectivity index (χ1v) is 6.81. The van der Waals surface area contributed by atoms with Gasteiger partial charge in [-0.3, -0.25) is 4.98 Å². The second kappa shape index (κ2) is 5.97. The Labute approximate surface area is 114 Å². The molecule has 0 amide bonds. The molecule has 0 aromatic carbocycles. The minimum atomic E-state index is -0.0293. The summed E-state index contributed by atoms with van der Waals surface area (Å²) in [6.45, 7) is 7.16. The molecule has 0 aliphatic heterocycles. The number of imidazole rings is 1. The first kappa shape index (κ1) is 13.7. The van der Waals surface area contributed by atoms with E-state index >= 15 is 0 Å². The molecule has 0 saturated carbocycles. The number of pyridine rings is 1. The van der Waals surface area contributed by atoms with E-state index in [4.69, 9.17) is 5.73 Å². The summed E-state index contributed by atoms with van der Waals surface area (Å²) in [5, 5.41) is 0. The first-order valence-electron chi connectivity index (χ1n) is 6.81. The highest BCUT2D eigenvalue weighted by molar-refractivity contribution is 5.24. The summed E-state index contributed by atoms with van der Waals surface area (Å²) in [5.74, 6) is 1.06. The van der Waals surface area contributed by atoms with Gasteiger partial charge in [-0.05, 0) is 38.0 Å². The molecular weight excluding hydrogens is 236 g/mol. The van der Waals surface area contributed by atoms with Crippen molar-refractivity contribution in [3.8, 4) is 0 Å². The molecule has 2 aromatic heterocycles. The Morgan fingerprint density at radius 1 is 1.26 bits per heavy atom. The number of aryl methyl sites for hydroxylation is 3. The highest BCUT2D eigenvalue weighted by Crippen LogP contribution is 2.17. The molecule has 1 atom stereocenters. The third-order valence-electron chi connectivity index (χ3n) is 3.20. The topological polar surface area (TPSA) is 56.7 Å². The molecular formula is C15H22N4. The van der Waals surface area contributed by atoms with Gasteiger partial charge in [0, 0.05) is 42.8 Å². The normalized spacial score (nSPS) is 12.6. The average molecular weight is 258 g/mol. The summed E-state index contributed by atoms with van der Waals surface area (Å²) in [4.78, 5) is 8.80. The molecule has 19 heavy (non-hydrogen) atoms. The number of aromatic nitrogens is 3. The van der Waals surface area contributed by atoms with Crippen LogP contribution in [0.5, 0.6) is 0 Å². The largest absolute Gasteiger partial charge is 0.335 e. The Morgan fingerprint density at radius 3 is 2.58 bits per heavy atom. The van der Waals surface area contributed by atoms with E-state index in [0.29, 0.717) is 0 Å². The van der Waals surface area contributed by atoms with Crippen molar-refractivity contribution in [3.05, 3.63) is 47.3 Å². The molecule has 0 radical (unpaired) electrons. The van der Waals surface area contributed by atoms with Gasteiger partial charge in [-0.25, -0.2) is 4.98 Å². The minimum absolute atomic E-state index is 0.0293. The molecule has 2 rings (SSSR count). The highest BCUT2D eigenvalue weighted by atomic mass is 15.1. The summed E-state index contributed by atoms with van der Waals surface area (Å²) in [6.07, 6.45) is 5.73. The Balaban J connectivity index is 2.15. The third kappa shape index (κ3) is 3.41. The van der Waals surface area contributed by atoms with E-state index in [2.05, 4.69) is 33.6 Å². The predicted octanol–water partition coefficient (Wildman–Crippen LogP) is 2.55. The third-order valence-corrected chi connectivity index (χ3v) is 3.20. The molecule has 0 saturated heterocycles. The summed E-state index contributed by atoms with van der Waals surface area (Å²) in [5.41, 5.74) is 9.48. The van der Waals surface area contributed by atoms with Crippen LogP contribution in [0.15, 0.2) is 24.5 Å². The summed E-state index contributed by atoms with van der Waals surface area (Å²) < 4.78 is 2.18. The van der Waals surface area contributed by atoms with E-state index in [0.717, 1.165) is 42.2 Å². The Hall–Kier alpha value is -1.68. The van der Waals surface area contributed by atoms with Crippen LogP contribution >= 0.6 is 0 Å². The van der Waals surface area contributed by atoms with E-state index < -0.39 is 0 Å². The van der Waals surface area contributed by atoms with Crippen molar-refractivity contribution in [1.82, 2.24) is 14.5 Å². The van der Waals surface area contributed by atoms with Crippen LogP contribution in [0.2, 0.25) is 0 Å². The maximum absolute atomic E-state index is 6.31. The van der Waals surface area contributed by atoms with Crippen molar-refractivity contribution in [2.45, 2.75) is 46.2 Å². The fourth-order valence-corrected chi connectivity index (χ4v) is 2.37. The lowest BCUT2D eigenvalue weighted by atomic mass is 10.0. The smallest absolute Gasteiger partial charge is 0.110 e. The molecule has 4 heteroatoms. The van der Waals surface area contributed by atoms with Crippen molar-refractivity contribution in [1.29, 1.82) is 0 Å². The highest BCUT2D eigenvalue weighted by Gasteiger charge is 2.12. The van der Waals surface area contributed by atoms with Crippen LogP contribution in [0.4, 0.5) is 0 Å². The zero-order valence-electron chi connectivity index (χ0n) is 11.9. The molecule has 2 N–H and O–H groups in total. The molecule has 102 valence electrons. The lowest BCUT2D eigenvalue weighted by Crippen LogP contribution is -2.17. The van der Waals surface area contributed by atoms with Gasteiger partial charge in [0.25, 0.3) is 0 Å². The van der Waals surface area contributed by atoms with Crippen molar-refractivity contribution in [2.75, 3.05) is 0 Å².